The number of aliphatic imine (C=N–C) groups is 1. The van der Waals surface area contributed by atoms with Crippen molar-refractivity contribution < 1.29 is 4.79 Å². The summed E-state index contributed by atoms with van der Waals surface area (Å²) in [7, 11) is 0. The molecule has 0 saturated heterocycles. The maximum atomic E-state index is 11.8. The van der Waals surface area contributed by atoms with Gasteiger partial charge >= 0.3 is 0 Å². The van der Waals surface area contributed by atoms with Gasteiger partial charge in [-0.25, -0.2) is 9.98 Å². The monoisotopic (exact) mass is 289 g/mol. The largest absolute Gasteiger partial charge is 0.300 e. The smallest absolute Gasteiger partial charge is 0.277 e. The average molecular weight is 289 g/mol. The van der Waals surface area contributed by atoms with E-state index in [2.05, 4.69) is 40.4 Å². The second-order valence-electron chi connectivity index (χ2n) is 5.82. The highest BCUT2D eigenvalue weighted by atomic mass is 16.1. The zero-order valence-electron chi connectivity index (χ0n) is 12.4. The SMILES string of the molecule is CC(C)c1ccn2c(-c3cccc4c3C=NC4=O)cnc2c1. The van der Waals surface area contributed by atoms with Crippen LogP contribution in [0.5, 0.6) is 0 Å². The van der Waals surface area contributed by atoms with Crippen molar-refractivity contribution in [2.24, 2.45) is 4.99 Å². The fourth-order valence-corrected chi connectivity index (χ4v) is 2.86. The first-order chi connectivity index (χ1) is 10.6. The van der Waals surface area contributed by atoms with Crippen molar-refractivity contribution in [3.63, 3.8) is 0 Å². The number of imidazole rings is 1. The van der Waals surface area contributed by atoms with Gasteiger partial charge in [0.1, 0.15) is 5.65 Å². The van der Waals surface area contributed by atoms with Gasteiger partial charge in [-0.05, 0) is 29.7 Å². The third-order valence-corrected chi connectivity index (χ3v) is 4.13. The number of hydrogen-bond donors (Lipinski definition) is 0. The Morgan fingerprint density at radius 1 is 1.14 bits per heavy atom. The first-order valence-electron chi connectivity index (χ1n) is 7.34. The van der Waals surface area contributed by atoms with E-state index in [4.69, 9.17) is 0 Å². The lowest BCUT2D eigenvalue weighted by molar-refractivity contribution is 0.101. The van der Waals surface area contributed by atoms with E-state index in [1.54, 1.807) is 6.21 Å². The molecule has 0 unspecified atom stereocenters. The number of benzene rings is 1. The molecular weight excluding hydrogens is 274 g/mol. The van der Waals surface area contributed by atoms with E-state index >= 15 is 0 Å². The topological polar surface area (TPSA) is 46.7 Å². The van der Waals surface area contributed by atoms with Crippen LogP contribution >= 0.6 is 0 Å². The summed E-state index contributed by atoms with van der Waals surface area (Å²) in [5.41, 5.74) is 5.67. The number of nitrogens with zero attached hydrogens (tertiary/aromatic N) is 3. The Hall–Kier alpha value is -2.75. The molecule has 0 saturated carbocycles. The van der Waals surface area contributed by atoms with Crippen molar-refractivity contribution >= 4 is 17.8 Å². The van der Waals surface area contributed by atoms with Gasteiger partial charge in [-0.2, -0.15) is 0 Å². The Kier molecular flexibility index (Phi) is 2.73. The summed E-state index contributed by atoms with van der Waals surface area (Å²) >= 11 is 0. The summed E-state index contributed by atoms with van der Waals surface area (Å²) in [6, 6.07) is 9.93. The van der Waals surface area contributed by atoms with Gasteiger partial charge in [0.05, 0.1) is 17.5 Å². The zero-order valence-corrected chi connectivity index (χ0v) is 12.4. The summed E-state index contributed by atoms with van der Waals surface area (Å²) in [4.78, 5) is 20.2. The van der Waals surface area contributed by atoms with Gasteiger partial charge in [-0.1, -0.05) is 26.0 Å². The van der Waals surface area contributed by atoms with Crippen LogP contribution in [0.15, 0.2) is 47.7 Å². The number of fused-ring (bicyclic) bond motifs is 2. The zero-order chi connectivity index (χ0) is 15.3. The molecule has 22 heavy (non-hydrogen) atoms. The molecule has 0 spiro atoms. The fraction of sp³-hybridized carbons (Fsp3) is 0.167. The van der Waals surface area contributed by atoms with Gasteiger partial charge in [-0.15, -0.1) is 0 Å². The Morgan fingerprint density at radius 2 is 1.95 bits per heavy atom. The molecule has 3 aromatic rings. The Balaban J connectivity index is 1.93. The number of carbonyl (C=O) groups excluding carboxylic acids is 1. The molecule has 4 nitrogen and oxygen atoms in total. The molecule has 1 aliphatic heterocycles. The van der Waals surface area contributed by atoms with Gasteiger partial charge in [0.15, 0.2) is 0 Å². The third kappa shape index (κ3) is 1.80. The van der Waals surface area contributed by atoms with Gasteiger partial charge in [0.2, 0.25) is 0 Å². The minimum atomic E-state index is -0.173. The summed E-state index contributed by atoms with van der Waals surface area (Å²) in [5, 5.41) is 0. The van der Waals surface area contributed by atoms with E-state index in [0.29, 0.717) is 11.5 Å². The highest BCUT2D eigenvalue weighted by molar-refractivity contribution is 6.15. The van der Waals surface area contributed by atoms with Crippen LogP contribution in [0.1, 0.15) is 41.3 Å². The molecule has 0 radical (unpaired) electrons. The summed E-state index contributed by atoms with van der Waals surface area (Å²) in [6.07, 6.45) is 5.54. The maximum absolute atomic E-state index is 11.8. The lowest BCUT2D eigenvalue weighted by Crippen LogP contribution is -1.97. The van der Waals surface area contributed by atoms with Crippen LogP contribution in [0.2, 0.25) is 0 Å². The lowest BCUT2D eigenvalue weighted by Gasteiger charge is -2.08. The van der Waals surface area contributed by atoms with E-state index in [-0.39, 0.29) is 5.91 Å². The molecule has 4 heteroatoms. The van der Waals surface area contributed by atoms with E-state index < -0.39 is 0 Å². The van der Waals surface area contributed by atoms with Crippen molar-refractivity contribution in [3.05, 3.63) is 59.4 Å². The molecule has 3 heterocycles. The quantitative estimate of drug-likeness (QED) is 0.722. The van der Waals surface area contributed by atoms with Gasteiger partial charge in [0, 0.05) is 23.5 Å². The second-order valence-corrected chi connectivity index (χ2v) is 5.82. The summed E-state index contributed by atoms with van der Waals surface area (Å²) in [5.74, 6) is 0.295. The second kappa shape index (κ2) is 4.63. The van der Waals surface area contributed by atoms with Gasteiger partial charge in [0.25, 0.3) is 5.91 Å². The Labute approximate surface area is 128 Å². The van der Waals surface area contributed by atoms with E-state index in [9.17, 15) is 4.79 Å². The van der Waals surface area contributed by atoms with Gasteiger partial charge < -0.3 is 0 Å². The van der Waals surface area contributed by atoms with Crippen molar-refractivity contribution in [3.8, 4) is 11.3 Å². The predicted molar refractivity (Wildman–Crippen MR) is 86.6 cm³/mol. The highest BCUT2D eigenvalue weighted by Gasteiger charge is 2.20. The minimum Gasteiger partial charge on any atom is -0.300 e. The minimum absolute atomic E-state index is 0.173. The van der Waals surface area contributed by atoms with Crippen LogP contribution in [-0.2, 0) is 0 Å². The number of pyridine rings is 1. The molecule has 0 atom stereocenters. The van der Waals surface area contributed by atoms with Crippen molar-refractivity contribution in [1.29, 1.82) is 0 Å². The molecule has 0 bridgehead atoms. The molecular formula is C18H15N3O. The number of carbonyl (C=O) groups is 1. The van der Waals surface area contributed by atoms with Crippen LogP contribution in [0.3, 0.4) is 0 Å². The Bertz CT molecular complexity index is 935. The average Bonchev–Trinajstić information content (AvgIpc) is 3.10. The number of rotatable bonds is 2. The van der Waals surface area contributed by atoms with Crippen LogP contribution < -0.4 is 0 Å². The van der Waals surface area contributed by atoms with E-state index in [1.165, 1.54) is 5.56 Å². The molecule has 2 aromatic heterocycles. The molecule has 1 amide bonds. The highest BCUT2D eigenvalue weighted by Crippen LogP contribution is 2.29. The molecule has 0 aliphatic carbocycles. The summed E-state index contributed by atoms with van der Waals surface area (Å²) in [6.45, 7) is 4.34. The first kappa shape index (κ1) is 13.0. The lowest BCUT2D eigenvalue weighted by atomic mass is 10.0. The number of amides is 1. The van der Waals surface area contributed by atoms with Crippen molar-refractivity contribution in [2.45, 2.75) is 19.8 Å². The molecule has 108 valence electrons. The van der Waals surface area contributed by atoms with Gasteiger partial charge in [-0.3, -0.25) is 9.20 Å². The normalized spacial score (nSPS) is 13.3. The number of hydrogen-bond acceptors (Lipinski definition) is 2. The maximum Gasteiger partial charge on any atom is 0.277 e. The first-order valence-corrected chi connectivity index (χ1v) is 7.34. The van der Waals surface area contributed by atoms with Crippen LogP contribution in [0.25, 0.3) is 16.9 Å². The summed E-state index contributed by atoms with van der Waals surface area (Å²) < 4.78 is 2.05. The van der Waals surface area contributed by atoms with E-state index in [0.717, 1.165) is 22.5 Å². The van der Waals surface area contributed by atoms with Crippen LogP contribution in [0.4, 0.5) is 0 Å². The van der Waals surface area contributed by atoms with Crippen molar-refractivity contribution in [1.82, 2.24) is 9.38 Å². The van der Waals surface area contributed by atoms with Crippen molar-refractivity contribution in [2.75, 3.05) is 0 Å². The molecule has 1 aliphatic rings. The molecule has 0 fully saturated rings. The van der Waals surface area contributed by atoms with Crippen LogP contribution in [0, 0.1) is 0 Å². The Morgan fingerprint density at radius 3 is 2.77 bits per heavy atom. The molecule has 0 N–H and O–H groups in total. The molecule has 1 aromatic carbocycles. The fourth-order valence-electron chi connectivity index (χ4n) is 2.86. The number of aromatic nitrogens is 2. The van der Waals surface area contributed by atoms with E-state index in [1.807, 2.05) is 30.6 Å². The molecule has 4 rings (SSSR count). The predicted octanol–water partition coefficient (Wildman–Crippen LogP) is 3.70. The van der Waals surface area contributed by atoms with Crippen LogP contribution in [-0.4, -0.2) is 21.5 Å². The standard InChI is InChI=1S/C18H15N3O/c1-11(2)12-6-7-21-16(10-19-17(21)8-12)13-4-3-5-14-15(13)9-20-18(14)22/h3-11H,1-2H3. The third-order valence-electron chi connectivity index (χ3n) is 4.13.